The van der Waals surface area contributed by atoms with Gasteiger partial charge in [-0.05, 0) is 24.6 Å². The lowest BCUT2D eigenvalue weighted by Crippen LogP contribution is -2.27. The first-order valence-electron chi connectivity index (χ1n) is 5.29. The third-order valence-electron chi connectivity index (χ3n) is 2.38. The van der Waals surface area contributed by atoms with Crippen molar-refractivity contribution in [2.24, 2.45) is 0 Å². The molecule has 0 unspecified atom stereocenters. The standard InChI is InChI=1S/C12H18N2O2/c1-4-7-14(2)12(15)9-5-6-11(16-3)10(13)8-9/h5-6,8H,4,7,13H2,1-3H3. The zero-order valence-corrected chi connectivity index (χ0v) is 9.99. The van der Waals surface area contributed by atoms with Gasteiger partial charge in [0.2, 0.25) is 0 Å². The van der Waals surface area contributed by atoms with Crippen LogP contribution in [0.4, 0.5) is 5.69 Å². The fourth-order valence-electron chi connectivity index (χ4n) is 1.52. The number of rotatable bonds is 4. The van der Waals surface area contributed by atoms with E-state index in [-0.39, 0.29) is 5.91 Å². The van der Waals surface area contributed by atoms with Crippen LogP contribution in [-0.2, 0) is 0 Å². The van der Waals surface area contributed by atoms with Crippen molar-refractivity contribution in [1.82, 2.24) is 4.90 Å². The summed E-state index contributed by atoms with van der Waals surface area (Å²) in [6.07, 6.45) is 0.938. The molecule has 0 fully saturated rings. The Hall–Kier alpha value is -1.71. The number of hydrogen-bond donors (Lipinski definition) is 1. The fraction of sp³-hybridized carbons (Fsp3) is 0.417. The first-order valence-corrected chi connectivity index (χ1v) is 5.29. The SMILES string of the molecule is CCCN(C)C(=O)c1ccc(OC)c(N)c1. The zero-order valence-electron chi connectivity index (χ0n) is 9.99. The van der Waals surface area contributed by atoms with Gasteiger partial charge < -0.3 is 15.4 Å². The van der Waals surface area contributed by atoms with Gasteiger partial charge in [-0.3, -0.25) is 4.79 Å². The number of ether oxygens (including phenoxy) is 1. The van der Waals surface area contributed by atoms with Crippen LogP contribution in [0.15, 0.2) is 18.2 Å². The van der Waals surface area contributed by atoms with Gasteiger partial charge >= 0.3 is 0 Å². The van der Waals surface area contributed by atoms with Crippen LogP contribution < -0.4 is 10.5 Å². The van der Waals surface area contributed by atoms with Gasteiger partial charge in [0.1, 0.15) is 5.75 Å². The first-order chi connectivity index (χ1) is 7.60. The largest absolute Gasteiger partial charge is 0.495 e. The minimum absolute atomic E-state index is 0.0174. The number of hydrogen-bond acceptors (Lipinski definition) is 3. The number of benzene rings is 1. The van der Waals surface area contributed by atoms with Gasteiger partial charge in [0.05, 0.1) is 12.8 Å². The van der Waals surface area contributed by atoms with Crippen LogP contribution in [0.25, 0.3) is 0 Å². The number of amides is 1. The number of carbonyl (C=O) groups is 1. The van der Waals surface area contributed by atoms with Crippen molar-refractivity contribution in [2.45, 2.75) is 13.3 Å². The highest BCUT2D eigenvalue weighted by atomic mass is 16.5. The van der Waals surface area contributed by atoms with Crippen LogP contribution in [-0.4, -0.2) is 31.5 Å². The van der Waals surface area contributed by atoms with E-state index in [9.17, 15) is 4.79 Å². The topological polar surface area (TPSA) is 55.6 Å². The molecule has 1 rings (SSSR count). The van der Waals surface area contributed by atoms with Gasteiger partial charge in [-0.25, -0.2) is 0 Å². The molecule has 1 aromatic rings. The molecule has 0 radical (unpaired) electrons. The molecule has 4 heteroatoms. The smallest absolute Gasteiger partial charge is 0.253 e. The lowest BCUT2D eigenvalue weighted by molar-refractivity contribution is 0.0795. The lowest BCUT2D eigenvalue weighted by atomic mass is 10.1. The molecule has 0 bridgehead atoms. The minimum Gasteiger partial charge on any atom is -0.495 e. The van der Waals surface area contributed by atoms with Crippen LogP contribution in [0, 0.1) is 0 Å². The third-order valence-corrected chi connectivity index (χ3v) is 2.38. The quantitative estimate of drug-likeness (QED) is 0.790. The van der Waals surface area contributed by atoms with Gasteiger partial charge in [0, 0.05) is 19.2 Å². The Morgan fingerprint density at radius 2 is 2.19 bits per heavy atom. The summed E-state index contributed by atoms with van der Waals surface area (Å²) in [6, 6.07) is 5.08. The van der Waals surface area contributed by atoms with Crippen molar-refractivity contribution in [1.29, 1.82) is 0 Å². The predicted octanol–water partition coefficient (Wildman–Crippen LogP) is 1.76. The molecule has 0 atom stereocenters. The molecule has 0 aliphatic carbocycles. The maximum absolute atomic E-state index is 11.9. The number of nitrogens with zero attached hydrogens (tertiary/aromatic N) is 1. The lowest BCUT2D eigenvalue weighted by Gasteiger charge is -2.16. The van der Waals surface area contributed by atoms with Gasteiger partial charge in [-0.2, -0.15) is 0 Å². The normalized spacial score (nSPS) is 9.94. The summed E-state index contributed by atoms with van der Waals surface area (Å²) in [5.41, 5.74) is 6.82. The van der Waals surface area contributed by atoms with Crippen molar-refractivity contribution in [3.05, 3.63) is 23.8 Å². The minimum atomic E-state index is -0.0174. The number of anilines is 1. The molecule has 1 aromatic carbocycles. The summed E-state index contributed by atoms with van der Waals surface area (Å²) in [6.45, 7) is 2.77. The number of methoxy groups -OCH3 is 1. The molecule has 1 amide bonds. The first kappa shape index (κ1) is 12.4. The van der Waals surface area contributed by atoms with Crippen molar-refractivity contribution in [3.8, 4) is 5.75 Å². The maximum Gasteiger partial charge on any atom is 0.253 e. The highest BCUT2D eigenvalue weighted by molar-refractivity contribution is 5.95. The third kappa shape index (κ3) is 2.66. The molecule has 0 aromatic heterocycles. The van der Waals surface area contributed by atoms with Gasteiger partial charge in [0.15, 0.2) is 0 Å². The van der Waals surface area contributed by atoms with Crippen LogP contribution >= 0.6 is 0 Å². The molecule has 88 valence electrons. The highest BCUT2D eigenvalue weighted by Crippen LogP contribution is 2.22. The van der Waals surface area contributed by atoms with E-state index in [0.717, 1.165) is 13.0 Å². The van der Waals surface area contributed by atoms with Gasteiger partial charge in [-0.15, -0.1) is 0 Å². The van der Waals surface area contributed by atoms with Crippen molar-refractivity contribution >= 4 is 11.6 Å². The van der Waals surface area contributed by atoms with Crippen LogP contribution in [0.5, 0.6) is 5.75 Å². The van der Waals surface area contributed by atoms with Crippen LogP contribution in [0.1, 0.15) is 23.7 Å². The Bertz CT molecular complexity index is 377. The molecule has 4 nitrogen and oxygen atoms in total. The summed E-state index contributed by atoms with van der Waals surface area (Å²) < 4.78 is 5.04. The highest BCUT2D eigenvalue weighted by Gasteiger charge is 2.12. The molecule has 16 heavy (non-hydrogen) atoms. The molecule has 0 spiro atoms. The Balaban J connectivity index is 2.88. The number of carbonyl (C=O) groups excluding carboxylic acids is 1. The van der Waals surface area contributed by atoms with E-state index < -0.39 is 0 Å². The Morgan fingerprint density at radius 1 is 1.50 bits per heavy atom. The van der Waals surface area contributed by atoms with Crippen LogP contribution in [0.2, 0.25) is 0 Å². The summed E-state index contributed by atoms with van der Waals surface area (Å²) in [4.78, 5) is 13.6. The van der Waals surface area contributed by atoms with Crippen molar-refractivity contribution < 1.29 is 9.53 Å². The molecule has 0 aliphatic heterocycles. The Morgan fingerprint density at radius 3 is 2.69 bits per heavy atom. The second-order valence-corrected chi connectivity index (χ2v) is 3.68. The summed E-state index contributed by atoms with van der Waals surface area (Å²) >= 11 is 0. The molecular formula is C12H18N2O2. The van der Waals surface area contributed by atoms with Gasteiger partial charge in [0.25, 0.3) is 5.91 Å². The predicted molar refractivity (Wildman–Crippen MR) is 64.7 cm³/mol. The van der Waals surface area contributed by atoms with E-state index in [4.69, 9.17) is 10.5 Å². The molecule has 0 heterocycles. The van der Waals surface area contributed by atoms with E-state index >= 15 is 0 Å². The number of nitrogen functional groups attached to an aromatic ring is 1. The second-order valence-electron chi connectivity index (χ2n) is 3.68. The molecule has 0 saturated heterocycles. The van der Waals surface area contributed by atoms with E-state index in [0.29, 0.717) is 17.0 Å². The second kappa shape index (κ2) is 5.39. The van der Waals surface area contributed by atoms with E-state index in [1.54, 1.807) is 37.3 Å². The Labute approximate surface area is 96.0 Å². The monoisotopic (exact) mass is 222 g/mol. The van der Waals surface area contributed by atoms with E-state index in [2.05, 4.69) is 0 Å². The molecule has 2 N–H and O–H groups in total. The average Bonchev–Trinajstić information content (AvgIpc) is 2.28. The molecule has 0 aliphatic rings. The van der Waals surface area contributed by atoms with Gasteiger partial charge in [-0.1, -0.05) is 6.92 Å². The number of nitrogens with two attached hydrogens (primary N) is 1. The molecule has 0 saturated carbocycles. The summed E-state index contributed by atoms with van der Waals surface area (Å²) in [5, 5.41) is 0. The maximum atomic E-state index is 11.9. The van der Waals surface area contributed by atoms with Crippen LogP contribution in [0.3, 0.4) is 0 Å². The van der Waals surface area contributed by atoms with E-state index in [1.807, 2.05) is 6.92 Å². The summed E-state index contributed by atoms with van der Waals surface area (Å²) in [5.74, 6) is 0.575. The zero-order chi connectivity index (χ0) is 12.1. The molecular weight excluding hydrogens is 204 g/mol. The fourth-order valence-corrected chi connectivity index (χ4v) is 1.52. The Kier molecular flexibility index (Phi) is 4.17. The average molecular weight is 222 g/mol. The van der Waals surface area contributed by atoms with Crippen molar-refractivity contribution in [2.75, 3.05) is 26.4 Å². The van der Waals surface area contributed by atoms with E-state index in [1.165, 1.54) is 0 Å². The summed E-state index contributed by atoms with van der Waals surface area (Å²) in [7, 11) is 3.34. The van der Waals surface area contributed by atoms with Crippen molar-refractivity contribution in [3.63, 3.8) is 0 Å².